The molecule has 45 heavy (non-hydrogen) atoms. The van der Waals surface area contributed by atoms with Crippen LogP contribution >= 0.6 is 11.8 Å². The lowest BCUT2D eigenvalue weighted by Gasteiger charge is -2.44. The predicted molar refractivity (Wildman–Crippen MR) is 168 cm³/mol. The average molecular weight is 630 g/mol. The standard InChI is InChI=1S/C35H33F2N3O4S/c1-22-8-7-15-38-21-40(39-16-13-27(41)34(33(39)35(38)42)44-19-23-9-3-2-4-10-23)32-24-11-5-6-12-29(24)45-20-25-30(32)28(43-17-14-22)18-26(36)31(25)37/h2-6,9-13,16,18,22,32H,7-8,14-15,17,19-21H2,1H3. The van der Waals surface area contributed by atoms with E-state index < -0.39 is 23.1 Å². The van der Waals surface area contributed by atoms with Gasteiger partial charge in [0.25, 0.3) is 5.91 Å². The van der Waals surface area contributed by atoms with Crippen molar-refractivity contribution in [1.82, 2.24) is 9.58 Å². The zero-order valence-electron chi connectivity index (χ0n) is 24.9. The summed E-state index contributed by atoms with van der Waals surface area (Å²) in [7, 11) is 0. The third-order valence-electron chi connectivity index (χ3n) is 8.82. The number of rotatable bonds is 3. The molecular formula is C35H33F2N3O4S. The van der Waals surface area contributed by atoms with E-state index in [1.807, 2.05) is 59.6 Å². The number of thioether (sulfide) groups is 1. The molecule has 0 N–H and O–H groups in total. The Kier molecular flexibility index (Phi) is 7.99. The van der Waals surface area contributed by atoms with Gasteiger partial charge in [0.2, 0.25) is 5.43 Å². The summed E-state index contributed by atoms with van der Waals surface area (Å²) < 4.78 is 45.0. The quantitative estimate of drug-likeness (QED) is 0.253. The molecule has 0 spiro atoms. The summed E-state index contributed by atoms with van der Waals surface area (Å²) in [5.74, 6) is -1.44. The van der Waals surface area contributed by atoms with Crippen LogP contribution in [0.1, 0.15) is 65.0 Å². The van der Waals surface area contributed by atoms with Gasteiger partial charge in [0.05, 0.1) is 6.61 Å². The summed E-state index contributed by atoms with van der Waals surface area (Å²) in [5.41, 5.74) is 2.16. The Balaban J connectivity index is 1.46. The van der Waals surface area contributed by atoms with Crippen molar-refractivity contribution >= 4 is 17.7 Å². The van der Waals surface area contributed by atoms with Crippen molar-refractivity contribution in [2.24, 2.45) is 5.92 Å². The first-order valence-corrected chi connectivity index (χ1v) is 16.2. The lowest BCUT2D eigenvalue weighted by Crippen LogP contribution is -2.56. The molecule has 2 unspecified atom stereocenters. The minimum absolute atomic E-state index is 0.0444. The smallest absolute Gasteiger partial charge is 0.277 e. The number of amides is 1. The van der Waals surface area contributed by atoms with Crippen LogP contribution in [0, 0.1) is 17.6 Å². The molecule has 1 aromatic heterocycles. The summed E-state index contributed by atoms with van der Waals surface area (Å²) in [5, 5.41) is 1.95. The van der Waals surface area contributed by atoms with Gasteiger partial charge >= 0.3 is 0 Å². The molecule has 10 heteroatoms. The Morgan fingerprint density at radius 3 is 2.67 bits per heavy atom. The number of hydrogen-bond acceptors (Lipinski definition) is 6. The predicted octanol–water partition coefficient (Wildman–Crippen LogP) is 6.65. The number of aromatic nitrogens is 1. The normalized spacial score (nSPS) is 19.5. The average Bonchev–Trinajstić information content (AvgIpc) is 3.21. The lowest BCUT2D eigenvalue weighted by atomic mass is 9.92. The van der Waals surface area contributed by atoms with Gasteiger partial charge in [-0.05, 0) is 42.4 Å². The van der Waals surface area contributed by atoms with E-state index in [1.165, 1.54) is 17.8 Å². The number of carbonyl (C=O) groups is 1. The minimum atomic E-state index is -0.956. The molecule has 1 amide bonds. The molecule has 3 aromatic carbocycles. The van der Waals surface area contributed by atoms with Crippen LogP contribution < -0.4 is 19.9 Å². The number of halogens is 2. The van der Waals surface area contributed by atoms with E-state index in [0.717, 1.165) is 41.4 Å². The summed E-state index contributed by atoms with van der Waals surface area (Å²) in [6.07, 6.45) is 3.90. The fraction of sp³-hybridized carbons (Fsp3) is 0.314. The van der Waals surface area contributed by atoms with Crippen molar-refractivity contribution in [2.75, 3.05) is 24.8 Å². The van der Waals surface area contributed by atoms with Crippen LogP contribution in [-0.4, -0.2) is 35.3 Å². The molecule has 3 aliphatic heterocycles. The largest absolute Gasteiger partial charge is 0.493 e. The van der Waals surface area contributed by atoms with Gasteiger partial charge in [-0.1, -0.05) is 55.5 Å². The highest BCUT2D eigenvalue weighted by atomic mass is 32.2. The highest BCUT2D eigenvalue weighted by Gasteiger charge is 2.41. The molecule has 0 saturated heterocycles. The fourth-order valence-electron chi connectivity index (χ4n) is 6.45. The van der Waals surface area contributed by atoms with E-state index in [4.69, 9.17) is 9.47 Å². The molecule has 4 heterocycles. The van der Waals surface area contributed by atoms with Crippen molar-refractivity contribution < 1.29 is 23.0 Å². The number of benzene rings is 3. The minimum Gasteiger partial charge on any atom is -0.493 e. The molecule has 0 aliphatic carbocycles. The highest BCUT2D eigenvalue weighted by molar-refractivity contribution is 7.98. The fourth-order valence-corrected chi connectivity index (χ4v) is 7.55. The van der Waals surface area contributed by atoms with Crippen molar-refractivity contribution in [2.45, 2.75) is 49.5 Å². The molecule has 232 valence electrons. The maximum atomic E-state index is 15.8. The number of fused-ring (bicyclic) bond motifs is 7. The third kappa shape index (κ3) is 5.45. The summed E-state index contributed by atoms with van der Waals surface area (Å²) in [4.78, 5) is 30.2. The van der Waals surface area contributed by atoms with Gasteiger partial charge in [-0.2, -0.15) is 0 Å². The van der Waals surface area contributed by atoms with Gasteiger partial charge in [-0.3, -0.25) is 19.3 Å². The number of carbonyl (C=O) groups excluding carboxylic acids is 1. The molecular weight excluding hydrogens is 596 g/mol. The molecule has 3 aliphatic rings. The first-order valence-electron chi connectivity index (χ1n) is 15.2. The monoisotopic (exact) mass is 629 g/mol. The first kappa shape index (κ1) is 29.4. The zero-order chi connectivity index (χ0) is 31.1. The van der Waals surface area contributed by atoms with Crippen LogP contribution in [0.5, 0.6) is 11.5 Å². The maximum absolute atomic E-state index is 15.8. The van der Waals surface area contributed by atoms with E-state index in [0.29, 0.717) is 18.7 Å². The van der Waals surface area contributed by atoms with Crippen LogP contribution in [-0.2, 0) is 12.4 Å². The Hall–Kier alpha value is -4.31. The van der Waals surface area contributed by atoms with Crippen LogP contribution in [0.2, 0.25) is 0 Å². The maximum Gasteiger partial charge on any atom is 0.277 e. The van der Waals surface area contributed by atoms with Gasteiger partial charge in [-0.15, -0.1) is 11.8 Å². The van der Waals surface area contributed by atoms with Crippen molar-refractivity contribution in [3.63, 3.8) is 0 Å². The van der Waals surface area contributed by atoms with E-state index in [1.54, 1.807) is 15.8 Å². The van der Waals surface area contributed by atoms with E-state index in [9.17, 15) is 9.59 Å². The SMILES string of the molecule is CC1CCCN2CN(C3c4ccccc4SCc4c(F)c(F)cc(c43)OCC1)n1ccc(=O)c(OCc3ccccc3)c1C2=O. The molecule has 7 rings (SSSR count). The van der Waals surface area contributed by atoms with Gasteiger partial charge in [0.1, 0.15) is 25.1 Å². The molecule has 0 saturated carbocycles. The second-order valence-electron chi connectivity index (χ2n) is 11.8. The number of ether oxygens (including phenoxy) is 2. The van der Waals surface area contributed by atoms with Crippen molar-refractivity contribution in [3.8, 4) is 11.5 Å². The Morgan fingerprint density at radius 1 is 1.02 bits per heavy atom. The van der Waals surface area contributed by atoms with Crippen LogP contribution in [0.25, 0.3) is 0 Å². The van der Waals surface area contributed by atoms with E-state index in [-0.39, 0.29) is 53.6 Å². The number of pyridine rings is 1. The number of nitrogens with zero attached hydrogens (tertiary/aromatic N) is 3. The van der Waals surface area contributed by atoms with Gasteiger partial charge in [0, 0.05) is 46.6 Å². The second kappa shape index (κ2) is 12.2. The van der Waals surface area contributed by atoms with Crippen LogP contribution in [0.4, 0.5) is 8.78 Å². The third-order valence-corrected chi connectivity index (χ3v) is 9.93. The van der Waals surface area contributed by atoms with Gasteiger partial charge in [-0.25, -0.2) is 8.78 Å². The van der Waals surface area contributed by atoms with Crippen LogP contribution in [0.15, 0.2) is 82.6 Å². The molecule has 7 nitrogen and oxygen atoms in total. The van der Waals surface area contributed by atoms with Crippen LogP contribution in [0.3, 0.4) is 0 Å². The topological polar surface area (TPSA) is 64.0 Å². The summed E-state index contributed by atoms with van der Waals surface area (Å²) in [6.45, 7) is 3.19. The Morgan fingerprint density at radius 2 is 1.82 bits per heavy atom. The highest BCUT2D eigenvalue weighted by Crippen LogP contribution is 2.47. The van der Waals surface area contributed by atoms with E-state index >= 15 is 8.78 Å². The molecule has 4 aromatic rings. The molecule has 2 bridgehead atoms. The lowest BCUT2D eigenvalue weighted by molar-refractivity contribution is 0.0671. The Labute approximate surface area is 264 Å². The summed E-state index contributed by atoms with van der Waals surface area (Å²) in [6, 6.07) is 19.1. The van der Waals surface area contributed by atoms with Crippen molar-refractivity contribution in [3.05, 3.63) is 123 Å². The van der Waals surface area contributed by atoms with Gasteiger partial charge < -0.3 is 14.4 Å². The van der Waals surface area contributed by atoms with Gasteiger partial charge in [0.15, 0.2) is 23.1 Å². The molecule has 0 fully saturated rings. The Bertz CT molecular complexity index is 1820. The number of hydrogen-bond donors (Lipinski definition) is 0. The van der Waals surface area contributed by atoms with E-state index in [2.05, 4.69) is 6.92 Å². The second-order valence-corrected chi connectivity index (χ2v) is 12.8. The molecule has 0 radical (unpaired) electrons. The van der Waals surface area contributed by atoms with Crippen molar-refractivity contribution in [1.29, 1.82) is 0 Å². The molecule has 2 atom stereocenters. The zero-order valence-corrected chi connectivity index (χ0v) is 25.7. The summed E-state index contributed by atoms with van der Waals surface area (Å²) >= 11 is 1.44. The first-order chi connectivity index (χ1) is 21.9.